The molecule has 4 heterocycles. The summed E-state index contributed by atoms with van der Waals surface area (Å²) in [6, 6.07) is 7.31. The number of fused-ring (bicyclic) bond motifs is 1. The Morgan fingerprint density at radius 2 is 2.09 bits per heavy atom. The molecular weight excluding hydrogens is 408 g/mol. The number of rotatable bonds is 6. The molecule has 1 aromatic carbocycles. The smallest absolute Gasteiger partial charge is 0.253 e. The Hall–Kier alpha value is -2.78. The van der Waals surface area contributed by atoms with Gasteiger partial charge < -0.3 is 14.5 Å². The number of piperidine rings is 1. The summed E-state index contributed by atoms with van der Waals surface area (Å²) in [6.45, 7) is 5.45. The molecule has 0 spiro atoms. The van der Waals surface area contributed by atoms with E-state index >= 15 is 0 Å². The quantitative estimate of drug-likeness (QED) is 0.631. The van der Waals surface area contributed by atoms with Gasteiger partial charge in [0.2, 0.25) is 0 Å². The molecule has 2 aliphatic rings. The largest absolute Gasteiger partial charge is 0.497 e. The molecule has 5 rings (SSSR count). The molecule has 0 saturated carbocycles. The number of pyridine rings is 1. The van der Waals surface area contributed by atoms with Crippen molar-refractivity contribution >= 4 is 10.9 Å². The third-order valence-corrected chi connectivity index (χ3v) is 6.76. The lowest BCUT2D eigenvalue weighted by atomic mass is 9.95. The minimum atomic E-state index is -0.321. The standard InChI is InChI=1S/C23H30N6O3/c1-15-7-9-28(10-8-15)21(22-25-26-27-29(22)14-18-4-3-11-32-18)19-13-16-12-17(31-2)5-6-20(16)24-23(19)30/h5-6,12-13,15,18,21H,3-4,7-11,14H2,1-2H3,(H,24,30)/t18-,21+/m1/s1. The number of methoxy groups -OCH3 is 1. The number of benzene rings is 1. The van der Waals surface area contributed by atoms with Gasteiger partial charge in [0.15, 0.2) is 5.82 Å². The minimum absolute atomic E-state index is 0.110. The van der Waals surface area contributed by atoms with Crippen LogP contribution in [0.2, 0.25) is 0 Å². The third kappa shape index (κ3) is 4.14. The highest BCUT2D eigenvalue weighted by Crippen LogP contribution is 2.31. The molecule has 3 aromatic rings. The number of ether oxygens (including phenoxy) is 2. The third-order valence-electron chi connectivity index (χ3n) is 6.76. The maximum absolute atomic E-state index is 13.3. The molecular formula is C23H30N6O3. The molecule has 9 heteroatoms. The monoisotopic (exact) mass is 438 g/mol. The van der Waals surface area contributed by atoms with Gasteiger partial charge in [-0.15, -0.1) is 5.10 Å². The summed E-state index contributed by atoms with van der Waals surface area (Å²) in [5, 5.41) is 13.6. The summed E-state index contributed by atoms with van der Waals surface area (Å²) >= 11 is 0. The molecule has 0 aliphatic carbocycles. The molecule has 0 bridgehead atoms. The lowest BCUT2D eigenvalue weighted by Gasteiger charge is -2.36. The van der Waals surface area contributed by atoms with Gasteiger partial charge in [0.1, 0.15) is 11.8 Å². The Labute approximate surface area is 186 Å². The first-order chi connectivity index (χ1) is 15.6. The van der Waals surface area contributed by atoms with Crippen molar-refractivity contribution in [1.82, 2.24) is 30.1 Å². The zero-order valence-corrected chi connectivity index (χ0v) is 18.7. The van der Waals surface area contributed by atoms with Gasteiger partial charge in [-0.3, -0.25) is 9.69 Å². The van der Waals surface area contributed by atoms with Crippen LogP contribution in [0.4, 0.5) is 0 Å². The fourth-order valence-corrected chi connectivity index (χ4v) is 4.84. The van der Waals surface area contributed by atoms with Gasteiger partial charge in [0, 0.05) is 23.1 Å². The van der Waals surface area contributed by atoms with E-state index in [1.54, 1.807) is 7.11 Å². The van der Waals surface area contributed by atoms with Crippen LogP contribution >= 0.6 is 0 Å². The van der Waals surface area contributed by atoms with Gasteiger partial charge in [-0.25, -0.2) is 4.68 Å². The second-order valence-electron chi connectivity index (χ2n) is 8.98. The van der Waals surface area contributed by atoms with E-state index in [1.807, 2.05) is 28.9 Å². The Morgan fingerprint density at radius 3 is 2.84 bits per heavy atom. The lowest BCUT2D eigenvalue weighted by molar-refractivity contribution is 0.0894. The van der Waals surface area contributed by atoms with Crippen molar-refractivity contribution in [3.8, 4) is 5.75 Å². The van der Waals surface area contributed by atoms with E-state index in [-0.39, 0.29) is 17.7 Å². The summed E-state index contributed by atoms with van der Waals surface area (Å²) in [5.41, 5.74) is 1.33. The Kier molecular flexibility index (Phi) is 5.93. The van der Waals surface area contributed by atoms with Crippen LogP contribution < -0.4 is 10.3 Å². The molecule has 170 valence electrons. The maximum atomic E-state index is 13.3. The number of nitrogens with zero attached hydrogens (tertiary/aromatic N) is 5. The number of likely N-dealkylation sites (tertiary alicyclic amines) is 1. The van der Waals surface area contributed by atoms with Crippen molar-refractivity contribution in [3.63, 3.8) is 0 Å². The van der Waals surface area contributed by atoms with Crippen molar-refractivity contribution in [2.24, 2.45) is 5.92 Å². The lowest BCUT2D eigenvalue weighted by Crippen LogP contribution is -2.40. The van der Waals surface area contributed by atoms with Gasteiger partial charge in [0.25, 0.3) is 5.56 Å². The Balaban J connectivity index is 1.59. The van der Waals surface area contributed by atoms with Crippen molar-refractivity contribution in [3.05, 3.63) is 46.0 Å². The first kappa shape index (κ1) is 21.1. The van der Waals surface area contributed by atoms with Crippen molar-refractivity contribution in [2.75, 3.05) is 26.8 Å². The fraction of sp³-hybridized carbons (Fsp3) is 0.565. The van der Waals surface area contributed by atoms with Crippen LogP contribution in [-0.4, -0.2) is 63.0 Å². The molecule has 0 unspecified atom stereocenters. The van der Waals surface area contributed by atoms with Gasteiger partial charge in [-0.05, 0) is 79.4 Å². The van der Waals surface area contributed by atoms with Crippen molar-refractivity contribution < 1.29 is 9.47 Å². The number of H-pyrrole nitrogens is 1. The van der Waals surface area contributed by atoms with E-state index in [9.17, 15) is 4.79 Å². The minimum Gasteiger partial charge on any atom is -0.497 e. The predicted molar refractivity (Wildman–Crippen MR) is 120 cm³/mol. The number of hydrogen-bond acceptors (Lipinski definition) is 7. The van der Waals surface area contributed by atoms with Crippen LogP contribution in [0.1, 0.15) is 50.0 Å². The van der Waals surface area contributed by atoms with Gasteiger partial charge in [-0.2, -0.15) is 0 Å². The number of nitrogens with one attached hydrogen (secondary N) is 1. The van der Waals surface area contributed by atoms with Gasteiger partial charge in [0.05, 0.1) is 19.8 Å². The molecule has 2 aromatic heterocycles. The molecule has 32 heavy (non-hydrogen) atoms. The molecule has 2 aliphatic heterocycles. The molecule has 2 atom stereocenters. The average Bonchev–Trinajstić information content (AvgIpc) is 3.48. The Bertz CT molecular complexity index is 1130. The number of aromatic amines is 1. The molecule has 0 amide bonds. The maximum Gasteiger partial charge on any atom is 0.253 e. The topological polar surface area (TPSA) is 98.2 Å². The van der Waals surface area contributed by atoms with E-state index < -0.39 is 0 Å². The summed E-state index contributed by atoms with van der Waals surface area (Å²) < 4.78 is 13.0. The Morgan fingerprint density at radius 1 is 1.25 bits per heavy atom. The van der Waals surface area contributed by atoms with Gasteiger partial charge >= 0.3 is 0 Å². The van der Waals surface area contributed by atoms with Gasteiger partial charge in [-0.1, -0.05) is 6.92 Å². The van der Waals surface area contributed by atoms with E-state index in [0.717, 1.165) is 62.0 Å². The highest BCUT2D eigenvalue weighted by Gasteiger charge is 2.33. The normalized spacial score (nSPS) is 21.2. The zero-order chi connectivity index (χ0) is 22.1. The highest BCUT2D eigenvalue weighted by atomic mass is 16.5. The number of hydrogen-bond donors (Lipinski definition) is 1. The summed E-state index contributed by atoms with van der Waals surface area (Å²) in [4.78, 5) is 18.7. The van der Waals surface area contributed by atoms with Crippen LogP contribution in [0.5, 0.6) is 5.75 Å². The highest BCUT2D eigenvalue weighted by molar-refractivity contribution is 5.80. The van der Waals surface area contributed by atoms with Crippen LogP contribution in [0.3, 0.4) is 0 Å². The van der Waals surface area contributed by atoms with Crippen LogP contribution in [0.15, 0.2) is 29.1 Å². The second kappa shape index (κ2) is 8.99. The second-order valence-corrected chi connectivity index (χ2v) is 8.98. The van der Waals surface area contributed by atoms with E-state index in [1.165, 1.54) is 0 Å². The average molecular weight is 439 g/mol. The number of tetrazole rings is 1. The summed E-state index contributed by atoms with van der Waals surface area (Å²) in [7, 11) is 1.64. The zero-order valence-electron chi connectivity index (χ0n) is 18.7. The molecule has 9 nitrogen and oxygen atoms in total. The summed E-state index contributed by atoms with van der Waals surface area (Å²) in [5.74, 6) is 2.12. The van der Waals surface area contributed by atoms with Crippen molar-refractivity contribution in [1.29, 1.82) is 0 Å². The molecule has 1 N–H and O–H groups in total. The van der Waals surface area contributed by atoms with Crippen LogP contribution in [0, 0.1) is 5.92 Å². The molecule has 0 radical (unpaired) electrons. The number of aromatic nitrogens is 5. The summed E-state index contributed by atoms with van der Waals surface area (Å²) in [6.07, 6.45) is 4.34. The van der Waals surface area contributed by atoms with E-state index in [4.69, 9.17) is 9.47 Å². The van der Waals surface area contributed by atoms with Crippen LogP contribution in [0.25, 0.3) is 10.9 Å². The first-order valence-electron chi connectivity index (χ1n) is 11.4. The first-order valence-corrected chi connectivity index (χ1v) is 11.4. The van der Waals surface area contributed by atoms with E-state index in [2.05, 4.69) is 32.3 Å². The fourth-order valence-electron chi connectivity index (χ4n) is 4.84. The predicted octanol–water partition coefficient (Wildman–Crippen LogP) is 2.52. The van der Waals surface area contributed by atoms with Crippen LogP contribution in [-0.2, 0) is 11.3 Å². The van der Waals surface area contributed by atoms with Crippen molar-refractivity contribution in [2.45, 2.75) is 51.3 Å². The SMILES string of the molecule is COc1ccc2[nH]c(=O)c([C@@H](c3nnnn3C[C@H]3CCCO3)N3CCC(C)CC3)cc2c1. The molecule has 2 fully saturated rings. The molecule has 2 saturated heterocycles. The van der Waals surface area contributed by atoms with E-state index in [0.29, 0.717) is 23.9 Å².